The molecule has 0 radical (unpaired) electrons. The molecule has 1 heterocycles. The lowest BCUT2D eigenvalue weighted by Gasteiger charge is -2.20. The van der Waals surface area contributed by atoms with Crippen LogP contribution in [0.15, 0.2) is 28.8 Å². The van der Waals surface area contributed by atoms with Crippen LogP contribution in [0.3, 0.4) is 0 Å². The van der Waals surface area contributed by atoms with Gasteiger partial charge in [-0.25, -0.2) is 9.97 Å². The van der Waals surface area contributed by atoms with Gasteiger partial charge < -0.3 is 5.21 Å². The van der Waals surface area contributed by atoms with E-state index in [2.05, 4.69) is 15.1 Å². The van der Waals surface area contributed by atoms with Gasteiger partial charge in [-0.2, -0.15) is 0 Å². The highest BCUT2D eigenvalue weighted by molar-refractivity contribution is 8.00. The normalized spacial score (nSPS) is 34.8. The van der Waals surface area contributed by atoms with Crippen LogP contribution in [-0.4, -0.2) is 26.1 Å². The van der Waals surface area contributed by atoms with E-state index in [0.29, 0.717) is 11.8 Å². The van der Waals surface area contributed by atoms with Crippen LogP contribution in [0.4, 0.5) is 0 Å². The van der Waals surface area contributed by atoms with E-state index >= 15 is 0 Å². The molecule has 16 heavy (non-hydrogen) atoms. The molecule has 0 saturated heterocycles. The smallest absolute Gasteiger partial charge is 0.188 e. The van der Waals surface area contributed by atoms with E-state index in [1.807, 2.05) is 6.07 Å². The molecule has 0 aliphatic heterocycles. The van der Waals surface area contributed by atoms with Gasteiger partial charge in [-0.1, -0.05) is 16.9 Å². The van der Waals surface area contributed by atoms with Gasteiger partial charge >= 0.3 is 0 Å². The van der Waals surface area contributed by atoms with Crippen molar-refractivity contribution < 1.29 is 5.21 Å². The predicted octanol–water partition coefficient (Wildman–Crippen LogP) is 2.20. The Bertz CT molecular complexity index is 409. The van der Waals surface area contributed by atoms with Crippen molar-refractivity contribution in [3.63, 3.8) is 0 Å². The van der Waals surface area contributed by atoms with Crippen molar-refractivity contribution in [3.8, 4) is 0 Å². The van der Waals surface area contributed by atoms with Gasteiger partial charge in [-0.15, -0.1) is 0 Å². The van der Waals surface area contributed by atoms with E-state index in [9.17, 15) is 0 Å². The van der Waals surface area contributed by atoms with Crippen LogP contribution in [-0.2, 0) is 0 Å². The largest absolute Gasteiger partial charge is 0.411 e. The molecule has 0 aromatic carbocycles. The quantitative estimate of drug-likeness (QED) is 0.485. The second kappa shape index (κ2) is 4.05. The SMILES string of the molecule is O/N=C1/C2CCC(C2)C1Sc1ncccn1. The third-order valence-corrected chi connectivity index (χ3v) is 4.80. The van der Waals surface area contributed by atoms with E-state index in [4.69, 9.17) is 5.21 Å². The molecule has 3 atom stereocenters. The summed E-state index contributed by atoms with van der Waals surface area (Å²) in [6.07, 6.45) is 7.09. The van der Waals surface area contributed by atoms with Crippen LogP contribution in [0.25, 0.3) is 0 Å². The highest BCUT2D eigenvalue weighted by Gasteiger charge is 2.46. The molecule has 4 nitrogen and oxygen atoms in total. The van der Waals surface area contributed by atoms with Crippen molar-refractivity contribution in [2.24, 2.45) is 17.0 Å². The summed E-state index contributed by atoms with van der Waals surface area (Å²) < 4.78 is 0. The van der Waals surface area contributed by atoms with E-state index in [0.717, 1.165) is 10.9 Å². The molecule has 2 aliphatic carbocycles. The minimum atomic E-state index is 0.283. The molecule has 2 aliphatic rings. The molecule has 1 aromatic heterocycles. The zero-order chi connectivity index (χ0) is 11.0. The summed E-state index contributed by atoms with van der Waals surface area (Å²) >= 11 is 1.63. The molecule has 0 amide bonds. The van der Waals surface area contributed by atoms with Crippen molar-refractivity contribution in [2.45, 2.75) is 29.7 Å². The molecule has 3 rings (SSSR count). The Morgan fingerprint density at radius 1 is 1.31 bits per heavy atom. The number of hydrogen-bond acceptors (Lipinski definition) is 5. The van der Waals surface area contributed by atoms with Crippen molar-refractivity contribution in [1.29, 1.82) is 0 Å². The average Bonchev–Trinajstić information content (AvgIpc) is 2.91. The zero-order valence-electron chi connectivity index (χ0n) is 8.78. The van der Waals surface area contributed by atoms with Crippen LogP contribution in [0.5, 0.6) is 0 Å². The maximum absolute atomic E-state index is 9.07. The molecule has 2 bridgehead atoms. The number of rotatable bonds is 2. The molecule has 3 unspecified atom stereocenters. The fraction of sp³-hybridized carbons (Fsp3) is 0.545. The molecule has 84 valence electrons. The third kappa shape index (κ3) is 1.59. The van der Waals surface area contributed by atoms with Crippen molar-refractivity contribution in [2.75, 3.05) is 0 Å². The maximum Gasteiger partial charge on any atom is 0.188 e. The number of hydrogen-bond donors (Lipinski definition) is 1. The molecule has 5 heteroatoms. The fourth-order valence-corrected chi connectivity index (χ4v) is 4.06. The minimum Gasteiger partial charge on any atom is -0.411 e. The first-order valence-corrected chi connectivity index (χ1v) is 6.42. The lowest BCUT2D eigenvalue weighted by molar-refractivity contribution is 0.314. The van der Waals surface area contributed by atoms with Crippen LogP contribution in [0.2, 0.25) is 0 Å². The standard InChI is InChI=1S/C11H13N3OS/c15-14-9-7-2-3-8(6-7)10(9)16-11-12-4-1-5-13-11/h1,4-5,7-8,10,15H,2-3,6H2/b14-9-. The summed E-state index contributed by atoms with van der Waals surface area (Å²) in [5.74, 6) is 1.14. The van der Waals surface area contributed by atoms with Crippen molar-refractivity contribution in [1.82, 2.24) is 9.97 Å². The summed E-state index contributed by atoms with van der Waals surface area (Å²) in [5, 5.41) is 13.6. The Labute approximate surface area is 98.2 Å². The molecule has 0 spiro atoms. The maximum atomic E-state index is 9.07. The first-order valence-electron chi connectivity index (χ1n) is 5.54. The molecular weight excluding hydrogens is 222 g/mol. The number of fused-ring (bicyclic) bond motifs is 2. The molecular formula is C11H13N3OS. The number of nitrogens with zero attached hydrogens (tertiary/aromatic N) is 3. The van der Waals surface area contributed by atoms with Gasteiger partial charge in [0.05, 0.1) is 11.0 Å². The summed E-state index contributed by atoms with van der Waals surface area (Å²) in [7, 11) is 0. The Kier molecular flexibility index (Phi) is 2.55. The lowest BCUT2D eigenvalue weighted by Crippen LogP contribution is -2.25. The molecule has 1 N–H and O–H groups in total. The van der Waals surface area contributed by atoms with Gasteiger partial charge in [-0.3, -0.25) is 0 Å². The summed E-state index contributed by atoms with van der Waals surface area (Å²) in [6.45, 7) is 0. The predicted molar refractivity (Wildman–Crippen MR) is 61.7 cm³/mol. The summed E-state index contributed by atoms with van der Waals surface area (Å²) in [6, 6.07) is 1.81. The van der Waals surface area contributed by atoms with E-state index < -0.39 is 0 Å². The van der Waals surface area contributed by atoms with Gasteiger partial charge in [-0.05, 0) is 31.2 Å². The summed E-state index contributed by atoms with van der Waals surface area (Å²) in [5.41, 5.74) is 0.953. The molecule has 1 aromatic rings. The van der Waals surface area contributed by atoms with Crippen LogP contribution in [0, 0.1) is 11.8 Å². The second-order valence-corrected chi connectivity index (χ2v) is 5.47. The number of oxime groups is 1. The Balaban J connectivity index is 1.80. The van der Waals surface area contributed by atoms with Crippen LogP contribution >= 0.6 is 11.8 Å². The number of aromatic nitrogens is 2. The van der Waals surface area contributed by atoms with E-state index in [1.165, 1.54) is 19.3 Å². The van der Waals surface area contributed by atoms with Gasteiger partial charge in [0, 0.05) is 18.3 Å². The van der Waals surface area contributed by atoms with Crippen LogP contribution in [0.1, 0.15) is 19.3 Å². The molecule has 2 fully saturated rings. The lowest BCUT2D eigenvalue weighted by atomic mass is 9.98. The Hall–Kier alpha value is -1.10. The first-order chi connectivity index (χ1) is 7.88. The van der Waals surface area contributed by atoms with Crippen LogP contribution < -0.4 is 0 Å². The van der Waals surface area contributed by atoms with Gasteiger partial charge in [0.2, 0.25) is 0 Å². The van der Waals surface area contributed by atoms with Gasteiger partial charge in [0.25, 0.3) is 0 Å². The van der Waals surface area contributed by atoms with Crippen molar-refractivity contribution in [3.05, 3.63) is 18.5 Å². The molecule has 2 saturated carbocycles. The monoisotopic (exact) mass is 235 g/mol. The topological polar surface area (TPSA) is 58.4 Å². The van der Waals surface area contributed by atoms with E-state index in [1.54, 1.807) is 24.2 Å². The minimum absolute atomic E-state index is 0.283. The zero-order valence-corrected chi connectivity index (χ0v) is 9.60. The van der Waals surface area contributed by atoms with Gasteiger partial charge in [0.1, 0.15) is 0 Å². The van der Waals surface area contributed by atoms with Crippen molar-refractivity contribution >= 4 is 17.5 Å². The fourth-order valence-electron chi connectivity index (χ4n) is 2.79. The van der Waals surface area contributed by atoms with Gasteiger partial charge in [0.15, 0.2) is 5.16 Å². The number of thioether (sulfide) groups is 1. The summed E-state index contributed by atoms with van der Waals surface area (Å²) in [4.78, 5) is 8.42. The Morgan fingerprint density at radius 2 is 2.12 bits per heavy atom. The highest BCUT2D eigenvalue weighted by Crippen LogP contribution is 2.48. The second-order valence-electron chi connectivity index (χ2n) is 4.36. The first kappa shape index (κ1) is 10.1. The highest BCUT2D eigenvalue weighted by atomic mass is 32.2. The Morgan fingerprint density at radius 3 is 2.88 bits per heavy atom. The average molecular weight is 235 g/mol. The van der Waals surface area contributed by atoms with E-state index in [-0.39, 0.29) is 5.25 Å². The third-order valence-electron chi connectivity index (χ3n) is 3.50.